The molecule has 0 spiro atoms. The number of rotatable bonds is 5. The highest BCUT2D eigenvalue weighted by Crippen LogP contribution is 2.01. The van der Waals surface area contributed by atoms with Crippen molar-refractivity contribution in [1.82, 2.24) is 10.3 Å². The normalized spacial score (nSPS) is 12.4. The first kappa shape index (κ1) is 11.6. The SMILES string of the molecule is CC(N)CNCc1cc(C(=O)O)ccn1. The lowest BCUT2D eigenvalue weighted by molar-refractivity contribution is 0.0696. The van der Waals surface area contributed by atoms with Gasteiger partial charge in [-0.15, -0.1) is 0 Å². The van der Waals surface area contributed by atoms with E-state index in [9.17, 15) is 4.79 Å². The van der Waals surface area contributed by atoms with Gasteiger partial charge in [-0.1, -0.05) is 0 Å². The van der Waals surface area contributed by atoms with E-state index in [2.05, 4.69) is 10.3 Å². The summed E-state index contributed by atoms with van der Waals surface area (Å²) in [6, 6.07) is 3.10. The van der Waals surface area contributed by atoms with E-state index in [1.165, 1.54) is 12.3 Å². The molecule has 0 fully saturated rings. The quantitative estimate of drug-likeness (QED) is 0.645. The fraction of sp³-hybridized carbons (Fsp3) is 0.400. The van der Waals surface area contributed by atoms with E-state index in [1.807, 2.05) is 6.92 Å². The molecule has 0 aliphatic carbocycles. The fourth-order valence-electron chi connectivity index (χ4n) is 1.14. The van der Waals surface area contributed by atoms with Crippen LogP contribution in [0, 0.1) is 0 Å². The number of hydrogen-bond donors (Lipinski definition) is 3. The summed E-state index contributed by atoms with van der Waals surface area (Å²) in [7, 11) is 0. The maximum Gasteiger partial charge on any atom is 0.335 e. The predicted molar refractivity (Wildman–Crippen MR) is 56.6 cm³/mol. The van der Waals surface area contributed by atoms with Crippen molar-refractivity contribution in [3.63, 3.8) is 0 Å². The van der Waals surface area contributed by atoms with Gasteiger partial charge in [0.1, 0.15) is 0 Å². The number of carboxylic acid groups (broad SMARTS) is 1. The van der Waals surface area contributed by atoms with Crippen molar-refractivity contribution in [1.29, 1.82) is 0 Å². The molecular formula is C10H15N3O2. The molecule has 1 aromatic rings. The lowest BCUT2D eigenvalue weighted by Gasteiger charge is -2.07. The second-order valence-electron chi connectivity index (χ2n) is 3.45. The van der Waals surface area contributed by atoms with Crippen LogP contribution in [-0.2, 0) is 6.54 Å². The number of carbonyl (C=O) groups is 1. The highest BCUT2D eigenvalue weighted by atomic mass is 16.4. The number of pyridine rings is 1. The van der Waals surface area contributed by atoms with Crippen LogP contribution >= 0.6 is 0 Å². The van der Waals surface area contributed by atoms with E-state index in [4.69, 9.17) is 10.8 Å². The average Bonchev–Trinajstić information content (AvgIpc) is 2.17. The van der Waals surface area contributed by atoms with Crippen molar-refractivity contribution in [2.24, 2.45) is 5.73 Å². The van der Waals surface area contributed by atoms with E-state index in [0.29, 0.717) is 18.8 Å². The topological polar surface area (TPSA) is 88.2 Å². The molecule has 0 saturated heterocycles. The lowest BCUT2D eigenvalue weighted by atomic mass is 10.2. The largest absolute Gasteiger partial charge is 0.478 e. The molecule has 5 heteroatoms. The van der Waals surface area contributed by atoms with Gasteiger partial charge in [0, 0.05) is 25.3 Å². The number of nitrogens with two attached hydrogens (primary N) is 1. The van der Waals surface area contributed by atoms with Gasteiger partial charge in [-0.3, -0.25) is 4.98 Å². The van der Waals surface area contributed by atoms with Gasteiger partial charge < -0.3 is 16.2 Å². The molecule has 1 heterocycles. The van der Waals surface area contributed by atoms with Gasteiger partial charge in [0.15, 0.2) is 0 Å². The van der Waals surface area contributed by atoms with Crippen molar-refractivity contribution < 1.29 is 9.90 Å². The number of nitrogens with one attached hydrogen (secondary N) is 1. The standard InChI is InChI=1S/C10H15N3O2/c1-7(11)5-12-6-9-4-8(10(14)15)2-3-13-9/h2-4,7,12H,5-6,11H2,1H3,(H,14,15). The molecule has 0 bridgehead atoms. The Morgan fingerprint density at radius 2 is 2.47 bits per heavy atom. The summed E-state index contributed by atoms with van der Waals surface area (Å²) < 4.78 is 0. The third-order valence-corrected chi connectivity index (χ3v) is 1.84. The molecule has 5 nitrogen and oxygen atoms in total. The first-order chi connectivity index (χ1) is 7.09. The molecule has 4 N–H and O–H groups in total. The Labute approximate surface area is 88.3 Å². The Morgan fingerprint density at radius 1 is 1.73 bits per heavy atom. The zero-order valence-corrected chi connectivity index (χ0v) is 8.60. The van der Waals surface area contributed by atoms with Crippen LogP contribution in [0.25, 0.3) is 0 Å². The van der Waals surface area contributed by atoms with Crippen molar-refractivity contribution >= 4 is 5.97 Å². The van der Waals surface area contributed by atoms with E-state index >= 15 is 0 Å². The maximum absolute atomic E-state index is 10.7. The van der Waals surface area contributed by atoms with Gasteiger partial charge >= 0.3 is 5.97 Å². The minimum Gasteiger partial charge on any atom is -0.478 e. The minimum atomic E-state index is -0.939. The number of aromatic carboxylic acids is 1. The molecular weight excluding hydrogens is 194 g/mol. The van der Waals surface area contributed by atoms with Crippen LogP contribution in [0.4, 0.5) is 0 Å². The molecule has 1 rings (SSSR count). The molecule has 0 aliphatic rings. The second-order valence-corrected chi connectivity index (χ2v) is 3.45. The summed E-state index contributed by atoms with van der Waals surface area (Å²) in [5.74, 6) is -0.939. The van der Waals surface area contributed by atoms with Gasteiger partial charge in [0.05, 0.1) is 11.3 Å². The zero-order valence-electron chi connectivity index (χ0n) is 8.60. The van der Waals surface area contributed by atoms with Crippen molar-refractivity contribution in [2.75, 3.05) is 6.54 Å². The third kappa shape index (κ3) is 4.05. The predicted octanol–water partition coefficient (Wildman–Crippen LogP) is 0.217. The second kappa shape index (κ2) is 5.43. The van der Waals surface area contributed by atoms with Crippen LogP contribution in [-0.4, -0.2) is 28.6 Å². The summed E-state index contributed by atoms with van der Waals surface area (Å²) in [6.07, 6.45) is 1.49. The maximum atomic E-state index is 10.7. The van der Waals surface area contributed by atoms with Crippen LogP contribution in [0.1, 0.15) is 23.0 Å². The number of nitrogens with zero attached hydrogens (tertiary/aromatic N) is 1. The molecule has 0 radical (unpaired) electrons. The van der Waals surface area contributed by atoms with E-state index in [1.54, 1.807) is 6.07 Å². The molecule has 1 atom stereocenters. The monoisotopic (exact) mass is 209 g/mol. The Bertz CT molecular complexity index is 339. The Kier molecular flexibility index (Phi) is 4.20. The summed E-state index contributed by atoms with van der Waals surface area (Å²) in [6.45, 7) is 3.11. The van der Waals surface area contributed by atoms with Crippen molar-refractivity contribution in [2.45, 2.75) is 19.5 Å². The molecule has 0 saturated carbocycles. The lowest BCUT2D eigenvalue weighted by Crippen LogP contribution is -2.30. The summed E-state index contributed by atoms with van der Waals surface area (Å²) in [5.41, 5.74) is 6.51. The van der Waals surface area contributed by atoms with Crippen LogP contribution in [0.15, 0.2) is 18.3 Å². The molecule has 15 heavy (non-hydrogen) atoms. The molecule has 82 valence electrons. The molecule has 0 aliphatic heterocycles. The van der Waals surface area contributed by atoms with Crippen LogP contribution < -0.4 is 11.1 Å². The van der Waals surface area contributed by atoms with Gasteiger partial charge in [-0.25, -0.2) is 4.79 Å². The highest BCUT2D eigenvalue weighted by molar-refractivity contribution is 5.87. The van der Waals surface area contributed by atoms with Gasteiger partial charge in [-0.2, -0.15) is 0 Å². The molecule has 1 unspecified atom stereocenters. The summed E-state index contributed by atoms with van der Waals surface area (Å²) in [4.78, 5) is 14.7. The molecule has 1 aromatic heterocycles. The van der Waals surface area contributed by atoms with E-state index in [-0.39, 0.29) is 11.6 Å². The van der Waals surface area contributed by atoms with Crippen molar-refractivity contribution in [3.8, 4) is 0 Å². The third-order valence-electron chi connectivity index (χ3n) is 1.84. The fourth-order valence-corrected chi connectivity index (χ4v) is 1.14. The first-order valence-corrected chi connectivity index (χ1v) is 4.74. The number of hydrogen-bond acceptors (Lipinski definition) is 4. The van der Waals surface area contributed by atoms with Crippen molar-refractivity contribution in [3.05, 3.63) is 29.6 Å². The van der Waals surface area contributed by atoms with E-state index in [0.717, 1.165) is 0 Å². The van der Waals surface area contributed by atoms with Crippen LogP contribution in [0.3, 0.4) is 0 Å². The highest BCUT2D eigenvalue weighted by Gasteiger charge is 2.03. The van der Waals surface area contributed by atoms with E-state index < -0.39 is 5.97 Å². The minimum absolute atomic E-state index is 0.0765. The van der Waals surface area contributed by atoms with Gasteiger partial charge in [0.2, 0.25) is 0 Å². The molecule has 0 aromatic carbocycles. The first-order valence-electron chi connectivity index (χ1n) is 4.74. The van der Waals surface area contributed by atoms with Gasteiger partial charge in [-0.05, 0) is 19.1 Å². The Hall–Kier alpha value is -1.46. The Morgan fingerprint density at radius 3 is 3.07 bits per heavy atom. The zero-order chi connectivity index (χ0) is 11.3. The summed E-state index contributed by atoms with van der Waals surface area (Å²) >= 11 is 0. The van der Waals surface area contributed by atoms with Gasteiger partial charge in [0.25, 0.3) is 0 Å². The Balaban J connectivity index is 2.54. The molecule has 0 amide bonds. The number of carboxylic acids is 1. The smallest absolute Gasteiger partial charge is 0.335 e. The number of aromatic nitrogens is 1. The summed E-state index contributed by atoms with van der Waals surface area (Å²) in [5, 5.41) is 11.8. The van der Waals surface area contributed by atoms with Crippen LogP contribution in [0.2, 0.25) is 0 Å². The van der Waals surface area contributed by atoms with Crippen LogP contribution in [0.5, 0.6) is 0 Å². The average molecular weight is 209 g/mol.